The number of benzene rings is 2. The van der Waals surface area contributed by atoms with Crippen molar-refractivity contribution < 1.29 is 13.9 Å². The number of rotatable bonds is 4. The molecule has 0 unspecified atom stereocenters. The molecule has 1 aromatic heterocycles. The molecule has 5 nitrogen and oxygen atoms in total. The number of carbonyl (C=O) groups excluding carboxylic acids is 1. The summed E-state index contributed by atoms with van der Waals surface area (Å²) < 4.78 is 19.1. The van der Waals surface area contributed by atoms with E-state index in [1.807, 2.05) is 24.3 Å². The molecule has 1 amide bonds. The maximum absolute atomic E-state index is 13.7. The highest BCUT2D eigenvalue weighted by Crippen LogP contribution is 2.18. The Hall–Kier alpha value is -2.67. The van der Waals surface area contributed by atoms with Crippen molar-refractivity contribution >= 4 is 29.2 Å². The first-order valence-corrected chi connectivity index (χ1v) is 7.30. The molecule has 0 aliphatic heterocycles. The lowest BCUT2D eigenvalue weighted by atomic mass is 10.1. The van der Waals surface area contributed by atoms with E-state index < -0.39 is 5.82 Å². The number of ether oxygens (including phenoxy) is 1. The number of aromatic nitrogens is 2. The number of hydrogen-bond donors (Lipinski definition) is 3. The van der Waals surface area contributed by atoms with Gasteiger partial charge < -0.3 is 20.0 Å². The van der Waals surface area contributed by atoms with Gasteiger partial charge in [-0.2, -0.15) is 0 Å². The van der Waals surface area contributed by atoms with Gasteiger partial charge in [0.25, 0.3) is 5.91 Å². The zero-order chi connectivity index (χ0) is 16.4. The van der Waals surface area contributed by atoms with Crippen LogP contribution in [0.5, 0.6) is 5.75 Å². The second-order valence-corrected chi connectivity index (χ2v) is 5.40. The molecule has 3 rings (SSSR count). The van der Waals surface area contributed by atoms with Crippen molar-refractivity contribution in [2.75, 3.05) is 7.11 Å². The van der Waals surface area contributed by atoms with Gasteiger partial charge in [0.1, 0.15) is 11.6 Å². The third-order valence-corrected chi connectivity index (χ3v) is 3.63. The molecule has 0 radical (unpaired) electrons. The summed E-state index contributed by atoms with van der Waals surface area (Å²) in [4.78, 5) is 18.0. The third-order valence-electron chi connectivity index (χ3n) is 3.42. The van der Waals surface area contributed by atoms with Gasteiger partial charge in [-0.25, -0.2) is 4.39 Å². The number of fused-ring (bicyclic) bond motifs is 1. The zero-order valence-corrected chi connectivity index (χ0v) is 13.1. The van der Waals surface area contributed by atoms with Crippen LogP contribution in [-0.2, 0) is 6.54 Å². The maximum atomic E-state index is 13.7. The summed E-state index contributed by atoms with van der Waals surface area (Å²) in [6, 6.07) is 9.83. The fourth-order valence-corrected chi connectivity index (χ4v) is 2.56. The molecule has 118 valence electrons. The van der Waals surface area contributed by atoms with Gasteiger partial charge in [0.2, 0.25) is 0 Å². The Labute approximate surface area is 136 Å². The fraction of sp³-hybridized carbons (Fsp3) is 0.125. The quantitative estimate of drug-likeness (QED) is 0.643. The van der Waals surface area contributed by atoms with Crippen molar-refractivity contribution in [3.63, 3.8) is 0 Å². The standard InChI is InChI=1S/C16H14FN3O2S/c1-22-11-4-2-3-9(5-11)8-18-15(21)12-6-10(17)7-13-14(12)20-16(23)19-13/h2-7H,8H2,1H3,(H,18,21)(H2,19,20,23). The number of aromatic amines is 2. The minimum Gasteiger partial charge on any atom is -0.497 e. The number of nitrogens with one attached hydrogen (secondary N) is 3. The lowest BCUT2D eigenvalue weighted by Gasteiger charge is -2.08. The van der Waals surface area contributed by atoms with Crippen LogP contribution in [0.25, 0.3) is 11.0 Å². The summed E-state index contributed by atoms with van der Waals surface area (Å²) in [5.41, 5.74) is 2.03. The summed E-state index contributed by atoms with van der Waals surface area (Å²) in [6.07, 6.45) is 0. The third kappa shape index (κ3) is 3.24. The predicted molar refractivity (Wildman–Crippen MR) is 87.6 cm³/mol. The van der Waals surface area contributed by atoms with E-state index in [0.717, 1.165) is 5.56 Å². The summed E-state index contributed by atoms with van der Waals surface area (Å²) in [5.74, 6) is -0.184. The molecule has 0 saturated carbocycles. The molecule has 0 aliphatic rings. The van der Waals surface area contributed by atoms with E-state index in [-0.39, 0.29) is 11.5 Å². The molecule has 0 fully saturated rings. The Morgan fingerprint density at radius 1 is 1.30 bits per heavy atom. The van der Waals surface area contributed by atoms with Crippen molar-refractivity contribution in [3.05, 3.63) is 58.1 Å². The summed E-state index contributed by atoms with van der Waals surface area (Å²) in [7, 11) is 1.58. The summed E-state index contributed by atoms with van der Waals surface area (Å²) in [6.45, 7) is 0.305. The molecule has 3 N–H and O–H groups in total. The second-order valence-electron chi connectivity index (χ2n) is 4.99. The molecule has 2 aromatic carbocycles. The highest BCUT2D eigenvalue weighted by Gasteiger charge is 2.14. The van der Waals surface area contributed by atoms with Gasteiger partial charge in [0, 0.05) is 6.54 Å². The van der Waals surface area contributed by atoms with Crippen LogP contribution < -0.4 is 10.1 Å². The van der Waals surface area contributed by atoms with Gasteiger partial charge in [-0.05, 0) is 42.0 Å². The number of methoxy groups -OCH3 is 1. The van der Waals surface area contributed by atoms with Gasteiger partial charge in [-0.3, -0.25) is 4.79 Å². The monoisotopic (exact) mass is 331 g/mol. The molecule has 7 heteroatoms. The van der Waals surface area contributed by atoms with Crippen LogP contribution in [0, 0.1) is 10.6 Å². The van der Waals surface area contributed by atoms with Gasteiger partial charge in [0.05, 0.1) is 23.7 Å². The highest BCUT2D eigenvalue weighted by atomic mass is 32.1. The molecule has 23 heavy (non-hydrogen) atoms. The van der Waals surface area contributed by atoms with Crippen LogP contribution in [0.1, 0.15) is 15.9 Å². The average molecular weight is 331 g/mol. The Morgan fingerprint density at radius 2 is 2.13 bits per heavy atom. The van der Waals surface area contributed by atoms with Gasteiger partial charge in [-0.1, -0.05) is 12.1 Å². The van der Waals surface area contributed by atoms with Crippen LogP contribution >= 0.6 is 12.2 Å². The largest absolute Gasteiger partial charge is 0.497 e. The van der Waals surface area contributed by atoms with Crippen LogP contribution in [0.15, 0.2) is 36.4 Å². The molecule has 0 bridgehead atoms. The first-order valence-electron chi connectivity index (χ1n) is 6.89. The Morgan fingerprint density at radius 3 is 2.91 bits per heavy atom. The van der Waals surface area contributed by atoms with Crippen molar-refractivity contribution in [2.45, 2.75) is 6.54 Å². The minimum absolute atomic E-state index is 0.204. The van der Waals surface area contributed by atoms with Gasteiger partial charge >= 0.3 is 0 Å². The Balaban J connectivity index is 1.84. The lowest BCUT2D eigenvalue weighted by Crippen LogP contribution is -2.23. The minimum atomic E-state index is -0.505. The second kappa shape index (κ2) is 6.21. The number of H-pyrrole nitrogens is 2. The lowest BCUT2D eigenvalue weighted by molar-refractivity contribution is 0.0952. The normalized spacial score (nSPS) is 10.7. The molecule has 0 aliphatic carbocycles. The molecular weight excluding hydrogens is 317 g/mol. The SMILES string of the molecule is COc1cccc(CNC(=O)c2cc(F)cc3[nH]c(=S)[nH]c23)c1. The highest BCUT2D eigenvalue weighted by molar-refractivity contribution is 7.71. The molecular formula is C16H14FN3O2S. The van der Waals surface area contributed by atoms with E-state index in [0.29, 0.717) is 28.1 Å². The fourth-order valence-electron chi connectivity index (χ4n) is 2.35. The molecule has 0 saturated heterocycles. The molecule has 1 heterocycles. The van der Waals surface area contributed by atoms with Crippen LogP contribution in [-0.4, -0.2) is 23.0 Å². The number of halogens is 1. The summed E-state index contributed by atoms with van der Waals surface area (Å²) >= 11 is 4.99. The van der Waals surface area contributed by atoms with Crippen LogP contribution in [0.3, 0.4) is 0 Å². The van der Waals surface area contributed by atoms with Crippen LogP contribution in [0.4, 0.5) is 4.39 Å². The average Bonchev–Trinajstić information content (AvgIpc) is 2.91. The topological polar surface area (TPSA) is 69.9 Å². The van der Waals surface area contributed by atoms with Crippen molar-refractivity contribution in [3.8, 4) is 5.75 Å². The predicted octanol–water partition coefficient (Wildman–Crippen LogP) is 3.30. The van der Waals surface area contributed by atoms with E-state index in [1.165, 1.54) is 12.1 Å². The van der Waals surface area contributed by atoms with Crippen molar-refractivity contribution in [1.82, 2.24) is 15.3 Å². The van der Waals surface area contributed by atoms with E-state index in [2.05, 4.69) is 15.3 Å². The zero-order valence-electron chi connectivity index (χ0n) is 12.3. The smallest absolute Gasteiger partial charge is 0.253 e. The summed E-state index contributed by atoms with van der Waals surface area (Å²) in [5, 5.41) is 2.77. The number of amides is 1. The molecule has 3 aromatic rings. The first-order chi connectivity index (χ1) is 11.1. The number of carbonyl (C=O) groups is 1. The molecule has 0 atom stereocenters. The van der Waals surface area contributed by atoms with E-state index >= 15 is 0 Å². The number of hydrogen-bond acceptors (Lipinski definition) is 3. The van der Waals surface area contributed by atoms with E-state index in [9.17, 15) is 9.18 Å². The Bertz CT molecular complexity index is 932. The van der Waals surface area contributed by atoms with Crippen LogP contribution in [0.2, 0.25) is 0 Å². The molecule has 0 spiro atoms. The van der Waals surface area contributed by atoms with E-state index in [4.69, 9.17) is 17.0 Å². The van der Waals surface area contributed by atoms with Gasteiger partial charge in [-0.15, -0.1) is 0 Å². The maximum Gasteiger partial charge on any atom is 0.253 e. The number of imidazole rings is 1. The van der Waals surface area contributed by atoms with Gasteiger partial charge in [0.15, 0.2) is 4.77 Å². The first kappa shape index (κ1) is 15.2. The van der Waals surface area contributed by atoms with E-state index in [1.54, 1.807) is 7.11 Å². The Kier molecular flexibility index (Phi) is 4.12. The van der Waals surface area contributed by atoms with Crippen molar-refractivity contribution in [2.24, 2.45) is 0 Å². The van der Waals surface area contributed by atoms with Crippen molar-refractivity contribution in [1.29, 1.82) is 0 Å².